The van der Waals surface area contributed by atoms with Crippen molar-refractivity contribution < 1.29 is 14.3 Å². The van der Waals surface area contributed by atoms with E-state index in [1.165, 1.54) is 0 Å². The molecule has 0 aromatic heterocycles. The van der Waals surface area contributed by atoms with Crippen molar-refractivity contribution in [3.8, 4) is 0 Å². The predicted octanol–water partition coefficient (Wildman–Crippen LogP) is 0.775. The molecule has 0 aliphatic heterocycles. The molecule has 0 saturated heterocycles. The van der Waals surface area contributed by atoms with Crippen molar-refractivity contribution in [1.82, 2.24) is 0 Å². The van der Waals surface area contributed by atoms with Crippen molar-refractivity contribution in [2.24, 2.45) is 11.8 Å². The van der Waals surface area contributed by atoms with Crippen molar-refractivity contribution in [2.75, 3.05) is 6.61 Å². The molecule has 0 bridgehead atoms. The molecule has 62 valence electrons. The Labute approximate surface area is 65.7 Å². The van der Waals surface area contributed by atoms with Crippen LogP contribution in [0.25, 0.3) is 0 Å². The van der Waals surface area contributed by atoms with Crippen molar-refractivity contribution >= 4 is 12.3 Å². The molecule has 3 nitrogen and oxygen atoms in total. The van der Waals surface area contributed by atoms with E-state index in [0.29, 0.717) is 13.0 Å². The molecule has 1 fully saturated rings. The lowest BCUT2D eigenvalue weighted by atomic mass is 10.3. The second-order valence-electron chi connectivity index (χ2n) is 2.81. The van der Waals surface area contributed by atoms with Crippen LogP contribution in [0.5, 0.6) is 0 Å². The molecule has 0 N–H and O–H groups in total. The molecule has 0 radical (unpaired) electrons. The van der Waals surface area contributed by atoms with E-state index in [-0.39, 0.29) is 17.8 Å². The summed E-state index contributed by atoms with van der Waals surface area (Å²) in [5, 5.41) is 0. The van der Waals surface area contributed by atoms with Crippen molar-refractivity contribution in [2.45, 2.75) is 19.8 Å². The molecule has 2 atom stereocenters. The van der Waals surface area contributed by atoms with Crippen LogP contribution >= 0.6 is 0 Å². The summed E-state index contributed by atoms with van der Waals surface area (Å²) in [6.07, 6.45) is 2.36. The minimum atomic E-state index is -0.205. The minimum Gasteiger partial charge on any atom is -0.465 e. The van der Waals surface area contributed by atoms with E-state index in [1.807, 2.05) is 6.92 Å². The SMILES string of the molecule is CCCOC(=O)C1CC1C=O. The maximum atomic E-state index is 11.0. The second kappa shape index (κ2) is 3.51. The zero-order valence-corrected chi connectivity index (χ0v) is 6.58. The van der Waals surface area contributed by atoms with Gasteiger partial charge >= 0.3 is 5.97 Å². The molecule has 0 spiro atoms. The first-order valence-electron chi connectivity index (χ1n) is 3.91. The zero-order valence-electron chi connectivity index (χ0n) is 6.58. The highest BCUT2D eigenvalue weighted by Crippen LogP contribution is 2.37. The highest BCUT2D eigenvalue weighted by Gasteiger charge is 2.43. The van der Waals surface area contributed by atoms with Gasteiger partial charge in [-0.2, -0.15) is 0 Å². The van der Waals surface area contributed by atoms with Gasteiger partial charge in [0.15, 0.2) is 0 Å². The number of hydrogen-bond acceptors (Lipinski definition) is 3. The van der Waals surface area contributed by atoms with Crippen LogP contribution in [0.15, 0.2) is 0 Å². The average Bonchev–Trinajstić information content (AvgIpc) is 2.78. The van der Waals surface area contributed by atoms with E-state index in [1.54, 1.807) is 0 Å². The normalized spacial score (nSPS) is 27.7. The number of carbonyl (C=O) groups is 2. The molecule has 2 unspecified atom stereocenters. The summed E-state index contributed by atoms with van der Waals surface area (Å²) in [4.78, 5) is 21.1. The lowest BCUT2D eigenvalue weighted by Gasteiger charge is -1.99. The third-order valence-electron chi connectivity index (χ3n) is 1.77. The van der Waals surface area contributed by atoms with E-state index < -0.39 is 0 Å². The molecule has 1 aliphatic carbocycles. The van der Waals surface area contributed by atoms with Gasteiger partial charge < -0.3 is 9.53 Å². The molecule has 11 heavy (non-hydrogen) atoms. The van der Waals surface area contributed by atoms with Crippen molar-refractivity contribution in [3.63, 3.8) is 0 Å². The Morgan fingerprint density at radius 2 is 2.45 bits per heavy atom. The standard InChI is InChI=1S/C8H12O3/c1-2-3-11-8(10)7-4-6(7)5-9/h5-7H,2-4H2,1H3. The highest BCUT2D eigenvalue weighted by molar-refractivity contribution is 5.81. The highest BCUT2D eigenvalue weighted by atomic mass is 16.5. The van der Waals surface area contributed by atoms with Gasteiger partial charge in [0.1, 0.15) is 6.29 Å². The van der Waals surface area contributed by atoms with Crippen LogP contribution < -0.4 is 0 Å². The van der Waals surface area contributed by atoms with Crippen molar-refractivity contribution in [1.29, 1.82) is 0 Å². The van der Waals surface area contributed by atoms with Crippen molar-refractivity contribution in [3.05, 3.63) is 0 Å². The first-order chi connectivity index (χ1) is 5.29. The van der Waals surface area contributed by atoms with Gasteiger partial charge in [0, 0.05) is 5.92 Å². The lowest BCUT2D eigenvalue weighted by Crippen LogP contribution is -2.08. The van der Waals surface area contributed by atoms with Crippen LogP contribution in [-0.2, 0) is 14.3 Å². The fraction of sp³-hybridized carbons (Fsp3) is 0.750. The number of ether oxygens (including phenoxy) is 1. The minimum absolute atomic E-state index is 0.0562. The Kier molecular flexibility index (Phi) is 2.63. The van der Waals surface area contributed by atoms with Gasteiger partial charge in [0.2, 0.25) is 0 Å². The van der Waals surface area contributed by atoms with Gasteiger partial charge in [-0.1, -0.05) is 6.92 Å². The Balaban J connectivity index is 2.17. The Morgan fingerprint density at radius 1 is 1.73 bits per heavy atom. The second-order valence-corrected chi connectivity index (χ2v) is 2.81. The van der Waals surface area contributed by atoms with Gasteiger partial charge in [-0.3, -0.25) is 4.79 Å². The maximum Gasteiger partial charge on any atom is 0.309 e. The summed E-state index contributed by atoms with van der Waals surface area (Å²) >= 11 is 0. The molecular formula is C8H12O3. The molecular weight excluding hydrogens is 144 g/mol. The third-order valence-corrected chi connectivity index (χ3v) is 1.77. The Morgan fingerprint density at radius 3 is 2.91 bits per heavy atom. The Bertz CT molecular complexity index is 165. The van der Waals surface area contributed by atoms with Gasteiger partial charge in [0.05, 0.1) is 12.5 Å². The summed E-state index contributed by atoms with van der Waals surface area (Å²) in [5.74, 6) is -0.387. The molecule has 1 aliphatic rings. The van der Waals surface area contributed by atoms with Crippen LogP contribution in [0.4, 0.5) is 0 Å². The fourth-order valence-corrected chi connectivity index (χ4v) is 0.946. The molecule has 1 rings (SSSR count). The number of aldehydes is 1. The van der Waals surface area contributed by atoms with E-state index in [2.05, 4.69) is 0 Å². The quantitative estimate of drug-likeness (QED) is 0.446. The summed E-state index contributed by atoms with van der Waals surface area (Å²) < 4.78 is 4.85. The fourth-order valence-electron chi connectivity index (χ4n) is 0.946. The molecule has 0 aromatic rings. The number of esters is 1. The lowest BCUT2D eigenvalue weighted by molar-refractivity contribution is -0.146. The van der Waals surface area contributed by atoms with Crippen LogP contribution in [-0.4, -0.2) is 18.9 Å². The number of rotatable bonds is 4. The van der Waals surface area contributed by atoms with E-state index >= 15 is 0 Å². The van der Waals surface area contributed by atoms with Gasteiger partial charge in [-0.15, -0.1) is 0 Å². The zero-order chi connectivity index (χ0) is 8.27. The van der Waals surface area contributed by atoms with E-state index in [9.17, 15) is 9.59 Å². The Hall–Kier alpha value is -0.860. The van der Waals surface area contributed by atoms with Gasteiger partial charge in [-0.05, 0) is 12.8 Å². The smallest absolute Gasteiger partial charge is 0.309 e. The van der Waals surface area contributed by atoms with E-state index in [4.69, 9.17) is 4.74 Å². The number of carbonyl (C=O) groups excluding carboxylic acids is 2. The summed E-state index contributed by atoms with van der Waals surface area (Å²) in [6.45, 7) is 2.41. The first kappa shape index (κ1) is 8.24. The van der Waals surface area contributed by atoms with Gasteiger partial charge in [-0.25, -0.2) is 0 Å². The van der Waals surface area contributed by atoms with Crippen LogP contribution in [0.1, 0.15) is 19.8 Å². The molecule has 1 saturated carbocycles. The van der Waals surface area contributed by atoms with Gasteiger partial charge in [0.25, 0.3) is 0 Å². The topological polar surface area (TPSA) is 43.4 Å². The number of hydrogen-bond donors (Lipinski definition) is 0. The van der Waals surface area contributed by atoms with E-state index in [0.717, 1.165) is 12.7 Å². The predicted molar refractivity (Wildman–Crippen MR) is 38.9 cm³/mol. The molecule has 0 aromatic carbocycles. The molecule has 0 heterocycles. The maximum absolute atomic E-state index is 11.0. The summed E-state index contributed by atoms with van der Waals surface area (Å²) in [5.41, 5.74) is 0. The summed E-state index contributed by atoms with van der Waals surface area (Å²) in [7, 11) is 0. The first-order valence-corrected chi connectivity index (χ1v) is 3.91. The monoisotopic (exact) mass is 156 g/mol. The summed E-state index contributed by atoms with van der Waals surface area (Å²) in [6, 6.07) is 0. The molecule has 0 amide bonds. The molecule has 3 heteroatoms. The average molecular weight is 156 g/mol. The van der Waals surface area contributed by atoms with Crippen LogP contribution in [0, 0.1) is 11.8 Å². The van der Waals surface area contributed by atoms with Crippen LogP contribution in [0.2, 0.25) is 0 Å². The largest absolute Gasteiger partial charge is 0.465 e. The third kappa shape index (κ3) is 2.03. The van der Waals surface area contributed by atoms with Crippen LogP contribution in [0.3, 0.4) is 0 Å².